The summed E-state index contributed by atoms with van der Waals surface area (Å²) in [7, 11) is 3.05. The summed E-state index contributed by atoms with van der Waals surface area (Å²) in [5.74, 6) is 0.707. The lowest BCUT2D eigenvalue weighted by Gasteiger charge is -2.29. The molecule has 126 valence electrons. The predicted octanol–water partition coefficient (Wildman–Crippen LogP) is 1.83. The van der Waals surface area contributed by atoms with Gasteiger partial charge in [0.25, 0.3) is 5.91 Å². The van der Waals surface area contributed by atoms with Crippen molar-refractivity contribution in [2.24, 2.45) is 0 Å². The molecule has 0 radical (unpaired) electrons. The minimum absolute atomic E-state index is 0.0291. The van der Waals surface area contributed by atoms with Crippen LogP contribution in [0.5, 0.6) is 11.5 Å². The highest BCUT2D eigenvalue weighted by molar-refractivity contribution is 5.98. The molecule has 1 saturated heterocycles. The summed E-state index contributed by atoms with van der Waals surface area (Å²) < 4.78 is 10.3. The molecule has 1 heterocycles. The van der Waals surface area contributed by atoms with Crippen molar-refractivity contribution in [1.82, 2.24) is 10.2 Å². The van der Waals surface area contributed by atoms with Gasteiger partial charge in [-0.25, -0.2) is 0 Å². The van der Waals surface area contributed by atoms with Gasteiger partial charge in [0, 0.05) is 18.7 Å². The van der Waals surface area contributed by atoms with Crippen molar-refractivity contribution in [3.05, 3.63) is 23.8 Å². The first-order valence-corrected chi connectivity index (χ1v) is 7.88. The van der Waals surface area contributed by atoms with Gasteiger partial charge in [0.05, 0.1) is 14.2 Å². The lowest BCUT2D eigenvalue weighted by Crippen LogP contribution is -2.48. The van der Waals surface area contributed by atoms with Crippen LogP contribution in [0.3, 0.4) is 0 Å². The Morgan fingerprint density at radius 3 is 2.35 bits per heavy atom. The van der Waals surface area contributed by atoms with Gasteiger partial charge in [-0.1, -0.05) is 0 Å². The van der Waals surface area contributed by atoms with Gasteiger partial charge in [-0.2, -0.15) is 0 Å². The van der Waals surface area contributed by atoms with Crippen molar-refractivity contribution >= 4 is 11.8 Å². The van der Waals surface area contributed by atoms with Crippen molar-refractivity contribution in [2.45, 2.75) is 32.2 Å². The number of hydrogen-bond donors (Lipinski definition) is 1. The first-order chi connectivity index (χ1) is 11.1. The van der Waals surface area contributed by atoms with Crippen LogP contribution in [-0.2, 0) is 4.79 Å². The first kappa shape index (κ1) is 17.1. The van der Waals surface area contributed by atoms with Crippen LogP contribution in [0.15, 0.2) is 18.2 Å². The summed E-state index contributed by atoms with van der Waals surface area (Å²) in [5, 5.41) is 2.76. The summed E-state index contributed by atoms with van der Waals surface area (Å²) >= 11 is 0. The number of carbonyl (C=O) groups is 2. The molecule has 1 atom stereocenters. The molecule has 23 heavy (non-hydrogen) atoms. The van der Waals surface area contributed by atoms with Crippen molar-refractivity contribution in [2.75, 3.05) is 27.3 Å². The number of rotatable bonds is 5. The van der Waals surface area contributed by atoms with Gasteiger partial charge in [-0.05, 0) is 44.4 Å². The second kappa shape index (κ2) is 7.85. The molecule has 1 aliphatic heterocycles. The number of piperidine rings is 1. The van der Waals surface area contributed by atoms with Gasteiger partial charge in [-0.3, -0.25) is 9.59 Å². The third-order valence-corrected chi connectivity index (χ3v) is 4.03. The predicted molar refractivity (Wildman–Crippen MR) is 86.9 cm³/mol. The van der Waals surface area contributed by atoms with Crippen LogP contribution in [0.2, 0.25) is 0 Å². The number of nitrogens with one attached hydrogen (secondary N) is 1. The van der Waals surface area contributed by atoms with Crippen molar-refractivity contribution in [3.63, 3.8) is 0 Å². The number of ether oxygens (including phenoxy) is 2. The van der Waals surface area contributed by atoms with Crippen LogP contribution in [-0.4, -0.2) is 50.1 Å². The van der Waals surface area contributed by atoms with E-state index in [0.29, 0.717) is 17.1 Å². The van der Waals surface area contributed by atoms with Gasteiger partial charge < -0.3 is 19.7 Å². The normalized spacial score (nSPS) is 15.7. The molecule has 1 aromatic rings. The van der Waals surface area contributed by atoms with Gasteiger partial charge in [0.2, 0.25) is 5.91 Å². The lowest BCUT2D eigenvalue weighted by atomic mass is 10.1. The maximum Gasteiger partial charge on any atom is 0.252 e. The SMILES string of the molecule is COc1ccc(C(=O)N[C@@H](C)C(=O)N2CCCCC2)cc1OC. The fourth-order valence-corrected chi connectivity index (χ4v) is 2.71. The Kier molecular flexibility index (Phi) is 5.84. The second-order valence-electron chi connectivity index (χ2n) is 5.65. The number of carbonyl (C=O) groups excluding carboxylic acids is 2. The van der Waals surface area contributed by atoms with Crippen LogP contribution in [0.4, 0.5) is 0 Å². The average molecular weight is 320 g/mol. The molecule has 0 spiro atoms. The van der Waals surface area contributed by atoms with Gasteiger partial charge in [0.15, 0.2) is 11.5 Å². The van der Waals surface area contributed by atoms with Crippen LogP contribution < -0.4 is 14.8 Å². The monoisotopic (exact) mass is 320 g/mol. The molecule has 1 N–H and O–H groups in total. The number of benzene rings is 1. The van der Waals surface area contributed by atoms with E-state index in [2.05, 4.69) is 5.32 Å². The number of amides is 2. The van der Waals surface area contributed by atoms with Gasteiger partial charge in [0.1, 0.15) is 6.04 Å². The fraction of sp³-hybridized carbons (Fsp3) is 0.529. The maximum atomic E-state index is 12.4. The van der Waals surface area contributed by atoms with Crippen LogP contribution in [0, 0.1) is 0 Å². The molecule has 0 aliphatic carbocycles. The van der Waals surface area contributed by atoms with E-state index in [4.69, 9.17) is 9.47 Å². The van der Waals surface area contributed by atoms with Crippen LogP contribution in [0.1, 0.15) is 36.5 Å². The van der Waals surface area contributed by atoms with E-state index in [0.717, 1.165) is 32.4 Å². The van der Waals surface area contributed by atoms with E-state index in [-0.39, 0.29) is 11.8 Å². The summed E-state index contributed by atoms with van der Waals surface area (Å²) in [4.78, 5) is 26.5. The molecule has 2 rings (SSSR count). The fourth-order valence-electron chi connectivity index (χ4n) is 2.71. The Labute approximate surface area is 136 Å². The molecular weight excluding hydrogens is 296 g/mol. The molecule has 2 amide bonds. The highest BCUT2D eigenvalue weighted by atomic mass is 16.5. The molecular formula is C17H24N2O4. The molecule has 1 aromatic carbocycles. The standard InChI is InChI=1S/C17H24N2O4/c1-12(17(21)19-9-5-4-6-10-19)18-16(20)13-7-8-14(22-2)15(11-13)23-3/h7-8,11-12H,4-6,9-10H2,1-3H3,(H,18,20)/t12-/m0/s1. The van der Waals surface area contributed by atoms with E-state index in [1.807, 2.05) is 4.90 Å². The average Bonchev–Trinajstić information content (AvgIpc) is 2.60. The van der Waals surface area contributed by atoms with Crippen molar-refractivity contribution in [1.29, 1.82) is 0 Å². The topological polar surface area (TPSA) is 67.9 Å². The van der Waals surface area contributed by atoms with Crippen LogP contribution in [0.25, 0.3) is 0 Å². The summed E-state index contributed by atoms with van der Waals surface area (Å²) in [6.07, 6.45) is 3.22. The van der Waals surface area contributed by atoms with E-state index in [1.54, 1.807) is 25.1 Å². The summed E-state index contributed by atoms with van der Waals surface area (Å²) in [6, 6.07) is 4.38. The van der Waals surface area contributed by atoms with Gasteiger partial charge >= 0.3 is 0 Å². The minimum Gasteiger partial charge on any atom is -0.493 e. The Hall–Kier alpha value is -2.24. The lowest BCUT2D eigenvalue weighted by molar-refractivity contribution is -0.133. The molecule has 1 aliphatic rings. The quantitative estimate of drug-likeness (QED) is 0.899. The highest BCUT2D eigenvalue weighted by Gasteiger charge is 2.24. The molecule has 6 heteroatoms. The zero-order valence-electron chi connectivity index (χ0n) is 13.9. The van der Waals surface area contributed by atoms with Crippen molar-refractivity contribution < 1.29 is 19.1 Å². The maximum absolute atomic E-state index is 12.4. The zero-order valence-corrected chi connectivity index (χ0v) is 13.9. The van der Waals surface area contributed by atoms with E-state index in [9.17, 15) is 9.59 Å². The Morgan fingerprint density at radius 2 is 1.74 bits per heavy atom. The van der Waals surface area contributed by atoms with Crippen molar-refractivity contribution in [3.8, 4) is 11.5 Å². The number of nitrogens with zero attached hydrogens (tertiary/aromatic N) is 1. The Balaban J connectivity index is 2.01. The first-order valence-electron chi connectivity index (χ1n) is 7.88. The van der Waals surface area contributed by atoms with E-state index >= 15 is 0 Å². The number of hydrogen-bond acceptors (Lipinski definition) is 4. The van der Waals surface area contributed by atoms with E-state index < -0.39 is 6.04 Å². The third-order valence-electron chi connectivity index (χ3n) is 4.03. The molecule has 0 bridgehead atoms. The minimum atomic E-state index is -0.548. The van der Waals surface area contributed by atoms with Crippen LogP contribution >= 0.6 is 0 Å². The molecule has 0 aromatic heterocycles. The summed E-state index contributed by atoms with van der Waals surface area (Å²) in [6.45, 7) is 3.26. The molecule has 0 saturated carbocycles. The number of likely N-dealkylation sites (tertiary alicyclic amines) is 1. The Morgan fingerprint density at radius 1 is 1.09 bits per heavy atom. The highest BCUT2D eigenvalue weighted by Crippen LogP contribution is 2.27. The summed E-state index contributed by atoms with van der Waals surface area (Å²) in [5.41, 5.74) is 0.431. The largest absolute Gasteiger partial charge is 0.493 e. The molecule has 0 unspecified atom stereocenters. The second-order valence-corrected chi connectivity index (χ2v) is 5.65. The Bertz CT molecular complexity index is 568. The van der Waals surface area contributed by atoms with Gasteiger partial charge in [-0.15, -0.1) is 0 Å². The molecule has 6 nitrogen and oxygen atoms in total. The molecule has 1 fully saturated rings. The zero-order chi connectivity index (χ0) is 16.8. The number of methoxy groups -OCH3 is 2. The van der Waals surface area contributed by atoms with E-state index in [1.165, 1.54) is 14.2 Å². The third kappa shape index (κ3) is 4.15. The smallest absolute Gasteiger partial charge is 0.252 e.